The molecule has 0 aliphatic rings. The second-order valence-corrected chi connectivity index (χ2v) is 4.81. The van der Waals surface area contributed by atoms with Gasteiger partial charge in [0.15, 0.2) is 0 Å². The average Bonchev–Trinajstić information content (AvgIpc) is 2.43. The van der Waals surface area contributed by atoms with Crippen LogP contribution in [0.1, 0.15) is 26.3 Å². The number of ether oxygens (including phenoxy) is 2. The van der Waals surface area contributed by atoms with Crippen molar-refractivity contribution in [2.45, 2.75) is 33.3 Å². The number of nitrogens with zero attached hydrogens (tertiary/aromatic N) is 1. The van der Waals surface area contributed by atoms with E-state index in [1.807, 2.05) is 38.1 Å². The molecule has 4 nitrogen and oxygen atoms in total. The Morgan fingerprint density at radius 3 is 2.40 bits per heavy atom. The van der Waals surface area contributed by atoms with Crippen LogP contribution >= 0.6 is 0 Å². The van der Waals surface area contributed by atoms with Crippen molar-refractivity contribution < 1.29 is 9.47 Å². The smallest absolute Gasteiger partial charge is 0.240 e. The van der Waals surface area contributed by atoms with Gasteiger partial charge in [0.1, 0.15) is 5.75 Å². The number of rotatable bonds is 5. The summed E-state index contributed by atoms with van der Waals surface area (Å²) >= 11 is 0. The maximum absolute atomic E-state index is 5.83. The van der Waals surface area contributed by atoms with Crippen molar-refractivity contribution in [3.63, 3.8) is 0 Å². The van der Waals surface area contributed by atoms with Crippen LogP contribution in [0.25, 0.3) is 0 Å². The Balaban J connectivity index is 2.16. The quantitative estimate of drug-likeness (QED) is 0.899. The van der Waals surface area contributed by atoms with Gasteiger partial charge in [0.2, 0.25) is 11.8 Å². The first-order valence-electron chi connectivity index (χ1n) is 6.78. The molecule has 20 heavy (non-hydrogen) atoms. The normalized spacial score (nSPS) is 10.6. The number of nitrogens with two attached hydrogens (primary N) is 1. The molecule has 1 aromatic carbocycles. The number of nitrogen functional groups attached to an aromatic ring is 1. The summed E-state index contributed by atoms with van der Waals surface area (Å²) in [4.78, 5) is 4.28. The lowest BCUT2D eigenvalue weighted by Crippen LogP contribution is -2.09. The minimum absolute atomic E-state index is 0.0175. The van der Waals surface area contributed by atoms with E-state index in [-0.39, 0.29) is 6.10 Å². The molecule has 0 fully saturated rings. The Morgan fingerprint density at radius 2 is 1.80 bits per heavy atom. The van der Waals surface area contributed by atoms with E-state index in [0.717, 1.165) is 12.2 Å². The van der Waals surface area contributed by atoms with Gasteiger partial charge in [0, 0.05) is 6.07 Å². The molecule has 0 radical (unpaired) electrons. The first-order valence-corrected chi connectivity index (χ1v) is 6.78. The topological polar surface area (TPSA) is 57.4 Å². The van der Waals surface area contributed by atoms with E-state index in [1.165, 1.54) is 5.56 Å². The molecule has 2 aromatic rings. The summed E-state index contributed by atoms with van der Waals surface area (Å²) in [6.45, 7) is 5.98. The van der Waals surface area contributed by atoms with Gasteiger partial charge in [0.05, 0.1) is 11.8 Å². The van der Waals surface area contributed by atoms with Crippen LogP contribution in [0, 0.1) is 0 Å². The molecular weight excluding hydrogens is 252 g/mol. The van der Waals surface area contributed by atoms with Gasteiger partial charge >= 0.3 is 0 Å². The van der Waals surface area contributed by atoms with Crippen molar-refractivity contribution in [3.8, 4) is 17.5 Å². The fourth-order valence-corrected chi connectivity index (χ4v) is 1.72. The van der Waals surface area contributed by atoms with Crippen LogP contribution in [-0.4, -0.2) is 11.1 Å². The van der Waals surface area contributed by atoms with E-state index in [4.69, 9.17) is 15.2 Å². The molecule has 0 aliphatic carbocycles. The highest BCUT2D eigenvalue weighted by molar-refractivity contribution is 5.49. The minimum Gasteiger partial charge on any atom is -0.473 e. The van der Waals surface area contributed by atoms with Crippen LogP contribution in [0.3, 0.4) is 0 Å². The number of hydrogen-bond donors (Lipinski definition) is 1. The molecule has 0 aliphatic heterocycles. The van der Waals surface area contributed by atoms with Gasteiger partial charge in [-0.2, -0.15) is 4.98 Å². The van der Waals surface area contributed by atoms with Crippen molar-refractivity contribution in [1.82, 2.24) is 4.98 Å². The highest BCUT2D eigenvalue weighted by Crippen LogP contribution is 2.26. The fourth-order valence-electron chi connectivity index (χ4n) is 1.72. The molecule has 0 atom stereocenters. The van der Waals surface area contributed by atoms with Gasteiger partial charge in [0.25, 0.3) is 0 Å². The molecule has 0 spiro atoms. The van der Waals surface area contributed by atoms with Gasteiger partial charge in [-0.3, -0.25) is 0 Å². The molecule has 0 bridgehead atoms. The van der Waals surface area contributed by atoms with Crippen molar-refractivity contribution in [2.75, 3.05) is 5.73 Å². The van der Waals surface area contributed by atoms with Crippen molar-refractivity contribution in [2.24, 2.45) is 0 Å². The Morgan fingerprint density at radius 1 is 1.10 bits per heavy atom. The zero-order valence-corrected chi connectivity index (χ0v) is 12.1. The molecule has 0 amide bonds. The van der Waals surface area contributed by atoms with Gasteiger partial charge in [-0.25, -0.2) is 0 Å². The van der Waals surface area contributed by atoms with E-state index >= 15 is 0 Å². The highest BCUT2D eigenvalue weighted by Gasteiger charge is 2.08. The van der Waals surface area contributed by atoms with Gasteiger partial charge in [-0.1, -0.05) is 19.1 Å². The zero-order chi connectivity index (χ0) is 14.5. The Bertz CT molecular complexity index is 565. The van der Waals surface area contributed by atoms with Crippen molar-refractivity contribution in [3.05, 3.63) is 42.0 Å². The lowest BCUT2D eigenvalue weighted by molar-refractivity contribution is 0.232. The number of aryl methyl sites for hydroxylation is 1. The standard InChI is InChI=1S/C16H20N2O2/c1-4-12-5-7-13(8-6-12)20-15-10-9-14(17)16(18-15)19-11(2)3/h5-11H,4,17H2,1-3H3. The molecule has 1 aromatic heterocycles. The molecule has 2 rings (SSSR count). The lowest BCUT2D eigenvalue weighted by Gasteiger charge is -2.12. The average molecular weight is 272 g/mol. The zero-order valence-electron chi connectivity index (χ0n) is 12.1. The summed E-state index contributed by atoms with van der Waals surface area (Å²) in [6.07, 6.45) is 1.02. The summed E-state index contributed by atoms with van der Waals surface area (Å²) in [5.74, 6) is 1.62. The summed E-state index contributed by atoms with van der Waals surface area (Å²) < 4.78 is 11.3. The molecule has 2 N–H and O–H groups in total. The first kappa shape index (κ1) is 14.2. The predicted molar refractivity (Wildman–Crippen MR) is 80.3 cm³/mol. The van der Waals surface area contributed by atoms with Gasteiger partial charge in [-0.15, -0.1) is 0 Å². The summed E-state index contributed by atoms with van der Waals surface area (Å²) in [5, 5.41) is 0. The van der Waals surface area contributed by atoms with Crippen LogP contribution in [0.5, 0.6) is 17.5 Å². The van der Waals surface area contributed by atoms with Crippen LogP contribution in [0.2, 0.25) is 0 Å². The van der Waals surface area contributed by atoms with E-state index in [2.05, 4.69) is 11.9 Å². The van der Waals surface area contributed by atoms with Crippen molar-refractivity contribution >= 4 is 5.69 Å². The third-order valence-electron chi connectivity index (χ3n) is 2.77. The summed E-state index contributed by atoms with van der Waals surface area (Å²) in [6, 6.07) is 11.4. The van der Waals surface area contributed by atoms with E-state index in [1.54, 1.807) is 12.1 Å². The van der Waals surface area contributed by atoms with Crippen molar-refractivity contribution in [1.29, 1.82) is 0 Å². The van der Waals surface area contributed by atoms with Crippen LogP contribution < -0.4 is 15.2 Å². The monoisotopic (exact) mass is 272 g/mol. The van der Waals surface area contributed by atoms with Gasteiger partial charge < -0.3 is 15.2 Å². The minimum atomic E-state index is 0.0175. The first-order chi connectivity index (χ1) is 9.58. The SMILES string of the molecule is CCc1ccc(Oc2ccc(N)c(OC(C)C)n2)cc1. The maximum Gasteiger partial charge on any atom is 0.240 e. The molecule has 0 saturated carbocycles. The van der Waals surface area contributed by atoms with Crippen LogP contribution in [0.4, 0.5) is 5.69 Å². The number of anilines is 1. The largest absolute Gasteiger partial charge is 0.473 e. The van der Waals surface area contributed by atoms with E-state index < -0.39 is 0 Å². The maximum atomic E-state index is 5.83. The molecule has 4 heteroatoms. The van der Waals surface area contributed by atoms with Crippen LogP contribution in [0.15, 0.2) is 36.4 Å². The van der Waals surface area contributed by atoms with Crippen LogP contribution in [-0.2, 0) is 6.42 Å². The Hall–Kier alpha value is -2.23. The second kappa shape index (κ2) is 6.28. The van der Waals surface area contributed by atoms with E-state index in [0.29, 0.717) is 17.4 Å². The Kier molecular flexibility index (Phi) is 4.45. The fraction of sp³-hybridized carbons (Fsp3) is 0.312. The third-order valence-corrected chi connectivity index (χ3v) is 2.77. The summed E-state index contributed by atoms with van der Waals surface area (Å²) in [5.41, 5.74) is 7.60. The number of benzene rings is 1. The van der Waals surface area contributed by atoms with Gasteiger partial charge in [-0.05, 0) is 44.0 Å². The molecule has 106 valence electrons. The Labute approximate surface area is 119 Å². The molecule has 0 unspecified atom stereocenters. The highest BCUT2D eigenvalue weighted by atomic mass is 16.5. The third kappa shape index (κ3) is 3.63. The molecular formula is C16H20N2O2. The molecule has 0 saturated heterocycles. The summed E-state index contributed by atoms with van der Waals surface area (Å²) in [7, 11) is 0. The lowest BCUT2D eigenvalue weighted by atomic mass is 10.2. The number of aromatic nitrogens is 1. The molecule has 1 heterocycles. The number of pyridine rings is 1. The second-order valence-electron chi connectivity index (χ2n) is 4.81. The van der Waals surface area contributed by atoms with E-state index in [9.17, 15) is 0 Å². The number of hydrogen-bond acceptors (Lipinski definition) is 4. The predicted octanol–water partition coefficient (Wildman–Crippen LogP) is 3.81.